The fourth-order valence-electron chi connectivity index (χ4n) is 3.76. The van der Waals surface area contributed by atoms with Gasteiger partial charge in [-0.3, -0.25) is 4.79 Å². The minimum atomic E-state index is -3.20. The second-order valence-corrected chi connectivity index (χ2v) is 8.47. The molecule has 0 aliphatic heterocycles. The molecule has 0 spiro atoms. The molecule has 1 saturated carbocycles. The first-order valence-corrected chi connectivity index (χ1v) is 11.1. The molecular weight excluding hydrogens is 418 g/mol. The normalized spacial score (nSPS) is 24.0. The van der Waals surface area contributed by atoms with Crippen molar-refractivity contribution in [3.63, 3.8) is 0 Å². The van der Waals surface area contributed by atoms with E-state index in [4.69, 9.17) is 9.47 Å². The van der Waals surface area contributed by atoms with E-state index >= 15 is 0 Å². The molecule has 32 heavy (non-hydrogen) atoms. The molecule has 0 radical (unpaired) electrons. The number of aliphatic hydroxyl groups excluding tert-OH is 2. The molecule has 1 aliphatic carbocycles. The molecule has 2 rings (SSSR count). The van der Waals surface area contributed by atoms with Crippen LogP contribution in [0.5, 0.6) is 5.75 Å². The monoisotopic (exact) mass is 452 g/mol. The van der Waals surface area contributed by atoms with Gasteiger partial charge in [-0.15, -0.1) is 0 Å². The highest BCUT2D eigenvalue weighted by atomic mass is 19.3. The first kappa shape index (κ1) is 26.0. The predicted octanol–water partition coefficient (Wildman–Crippen LogP) is 4.68. The predicted molar refractivity (Wildman–Crippen MR) is 118 cm³/mol. The molecule has 1 fully saturated rings. The van der Waals surface area contributed by atoms with Gasteiger partial charge in [0.15, 0.2) is 6.61 Å². The second-order valence-electron chi connectivity index (χ2n) is 8.47. The molecule has 0 bridgehead atoms. The van der Waals surface area contributed by atoms with Gasteiger partial charge < -0.3 is 19.7 Å². The van der Waals surface area contributed by atoms with E-state index in [9.17, 15) is 23.8 Å². The molecule has 178 valence electrons. The van der Waals surface area contributed by atoms with Gasteiger partial charge in [0.25, 0.3) is 5.92 Å². The summed E-state index contributed by atoms with van der Waals surface area (Å²) < 4.78 is 38.7. The molecule has 1 aliphatic rings. The molecule has 0 saturated heterocycles. The van der Waals surface area contributed by atoms with Gasteiger partial charge in [-0.2, -0.15) is 8.78 Å². The third-order valence-electron chi connectivity index (χ3n) is 5.35. The quantitative estimate of drug-likeness (QED) is 0.274. The summed E-state index contributed by atoms with van der Waals surface area (Å²) in [5.41, 5.74) is 0. The standard InChI is InChI=1S/C25H34F2O5/c1-18(2)32-24(30)13-9-4-3-8-12-20-21(23(29)16-22(20)28)14-15-25(26,27)17-31-19-10-6-5-7-11-19/h3,5-8,10-11,14-15,18,20-23,28-29H,4,9,12-13,16-17H2,1-2H3/b8-3+,15-14+. The van der Waals surface area contributed by atoms with Crippen molar-refractivity contribution >= 4 is 5.97 Å². The van der Waals surface area contributed by atoms with Gasteiger partial charge in [0, 0.05) is 18.8 Å². The summed E-state index contributed by atoms with van der Waals surface area (Å²) in [6.07, 6.45) is 6.33. The number of aliphatic hydroxyl groups is 2. The molecule has 2 N–H and O–H groups in total. The van der Waals surface area contributed by atoms with E-state index in [0.29, 0.717) is 31.4 Å². The molecule has 1 aromatic carbocycles. The molecule has 0 heterocycles. The molecule has 5 nitrogen and oxygen atoms in total. The second kappa shape index (κ2) is 12.7. The molecule has 1 aromatic rings. The molecule has 7 heteroatoms. The minimum absolute atomic E-state index is 0.129. The molecule has 0 amide bonds. The highest BCUT2D eigenvalue weighted by molar-refractivity contribution is 5.69. The Morgan fingerprint density at radius 2 is 1.91 bits per heavy atom. The number of benzene rings is 1. The van der Waals surface area contributed by atoms with Crippen molar-refractivity contribution in [2.75, 3.05) is 6.61 Å². The lowest BCUT2D eigenvalue weighted by molar-refractivity contribution is -0.147. The van der Waals surface area contributed by atoms with Crippen molar-refractivity contribution in [1.29, 1.82) is 0 Å². The number of halogens is 2. The highest BCUT2D eigenvalue weighted by Crippen LogP contribution is 2.37. The van der Waals surface area contributed by atoms with Crippen LogP contribution in [0.25, 0.3) is 0 Å². The number of para-hydroxylation sites is 1. The maximum atomic E-state index is 14.2. The maximum absolute atomic E-state index is 14.2. The zero-order valence-corrected chi connectivity index (χ0v) is 18.7. The van der Waals surface area contributed by atoms with Crippen LogP contribution in [-0.2, 0) is 9.53 Å². The number of alkyl halides is 2. The van der Waals surface area contributed by atoms with Crippen molar-refractivity contribution in [2.24, 2.45) is 11.8 Å². The molecular formula is C25H34F2O5. The van der Waals surface area contributed by atoms with E-state index in [1.807, 2.05) is 12.2 Å². The molecule has 4 unspecified atom stereocenters. The van der Waals surface area contributed by atoms with Crippen LogP contribution in [0.2, 0.25) is 0 Å². The topological polar surface area (TPSA) is 76.0 Å². The van der Waals surface area contributed by atoms with Crippen LogP contribution in [0, 0.1) is 11.8 Å². The molecule has 0 aromatic heterocycles. The smallest absolute Gasteiger partial charge is 0.306 e. The molecule has 4 atom stereocenters. The zero-order chi connectivity index (χ0) is 23.6. The van der Waals surface area contributed by atoms with Crippen LogP contribution >= 0.6 is 0 Å². The summed E-state index contributed by atoms with van der Waals surface area (Å²) >= 11 is 0. The van der Waals surface area contributed by atoms with Gasteiger partial charge in [0.1, 0.15) is 5.75 Å². The Bertz CT molecular complexity index is 748. The first-order valence-electron chi connectivity index (χ1n) is 11.1. The summed E-state index contributed by atoms with van der Waals surface area (Å²) in [5, 5.41) is 20.5. The van der Waals surface area contributed by atoms with Crippen molar-refractivity contribution in [2.45, 2.75) is 70.2 Å². The van der Waals surface area contributed by atoms with Crippen LogP contribution in [0.1, 0.15) is 46.0 Å². The Hall–Kier alpha value is -2.25. The maximum Gasteiger partial charge on any atom is 0.306 e. The van der Waals surface area contributed by atoms with Gasteiger partial charge in [0.05, 0.1) is 18.3 Å². The highest BCUT2D eigenvalue weighted by Gasteiger charge is 2.40. The number of unbranched alkanes of at least 4 members (excludes halogenated alkanes) is 1. The average Bonchev–Trinajstić information content (AvgIpc) is 3.00. The fourth-order valence-corrected chi connectivity index (χ4v) is 3.76. The summed E-state index contributed by atoms with van der Waals surface area (Å²) in [6, 6.07) is 8.39. The third-order valence-corrected chi connectivity index (χ3v) is 5.35. The minimum Gasteiger partial charge on any atom is -0.487 e. The van der Waals surface area contributed by atoms with Crippen molar-refractivity contribution in [3.05, 3.63) is 54.6 Å². The Labute approximate surface area is 188 Å². The van der Waals surface area contributed by atoms with Gasteiger partial charge in [-0.25, -0.2) is 0 Å². The lowest BCUT2D eigenvalue weighted by Crippen LogP contribution is -2.25. The number of carbonyl (C=O) groups is 1. The van der Waals surface area contributed by atoms with Crippen LogP contribution < -0.4 is 4.74 Å². The summed E-state index contributed by atoms with van der Waals surface area (Å²) in [4.78, 5) is 11.5. The number of esters is 1. The van der Waals surface area contributed by atoms with Crippen molar-refractivity contribution < 1.29 is 33.3 Å². The van der Waals surface area contributed by atoms with E-state index in [0.717, 1.165) is 6.08 Å². The van der Waals surface area contributed by atoms with E-state index in [1.165, 1.54) is 6.08 Å². The van der Waals surface area contributed by atoms with Crippen LogP contribution in [0.15, 0.2) is 54.6 Å². The Morgan fingerprint density at radius 3 is 2.59 bits per heavy atom. The van der Waals surface area contributed by atoms with E-state index in [-0.39, 0.29) is 24.4 Å². The zero-order valence-electron chi connectivity index (χ0n) is 18.7. The summed E-state index contributed by atoms with van der Waals surface area (Å²) in [7, 11) is 0. The van der Waals surface area contributed by atoms with Crippen molar-refractivity contribution in [1.82, 2.24) is 0 Å². The Kier molecular flexibility index (Phi) is 10.3. The number of carbonyl (C=O) groups excluding carboxylic acids is 1. The third kappa shape index (κ3) is 9.09. The Morgan fingerprint density at radius 1 is 1.19 bits per heavy atom. The Balaban J connectivity index is 1.83. The van der Waals surface area contributed by atoms with Gasteiger partial charge >= 0.3 is 5.97 Å². The largest absolute Gasteiger partial charge is 0.487 e. The number of ether oxygens (including phenoxy) is 2. The van der Waals surface area contributed by atoms with E-state index in [1.54, 1.807) is 44.2 Å². The van der Waals surface area contributed by atoms with Gasteiger partial charge in [-0.1, -0.05) is 36.4 Å². The number of rotatable bonds is 12. The number of allylic oxidation sites excluding steroid dienone is 2. The van der Waals surface area contributed by atoms with E-state index in [2.05, 4.69) is 0 Å². The van der Waals surface area contributed by atoms with Crippen LogP contribution in [0.3, 0.4) is 0 Å². The lowest BCUT2D eigenvalue weighted by atomic mass is 9.89. The van der Waals surface area contributed by atoms with Crippen molar-refractivity contribution in [3.8, 4) is 5.75 Å². The fraction of sp³-hybridized carbons (Fsp3) is 0.560. The van der Waals surface area contributed by atoms with Crippen LogP contribution in [-0.4, -0.2) is 47.0 Å². The first-order chi connectivity index (χ1) is 15.2. The lowest BCUT2D eigenvalue weighted by Gasteiger charge is -2.20. The number of hydrogen-bond donors (Lipinski definition) is 2. The summed E-state index contributed by atoms with van der Waals surface area (Å²) in [5.74, 6) is -4.00. The average molecular weight is 453 g/mol. The van der Waals surface area contributed by atoms with Gasteiger partial charge in [0.2, 0.25) is 0 Å². The van der Waals surface area contributed by atoms with Gasteiger partial charge in [-0.05, 0) is 57.2 Å². The van der Waals surface area contributed by atoms with Crippen LogP contribution in [0.4, 0.5) is 8.78 Å². The number of hydrogen-bond acceptors (Lipinski definition) is 5. The summed E-state index contributed by atoms with van der Waals surface area (Å²) in [6.45, 7) is 2.80. The SMILES string of the molecule is CC(C)OC(=O)CCC/C=C/CC1C(O)CC(O)C1/C=C/C(F)(F)COc1ccccc1. The van der Waals surface area contributed by atoms with E-state index < -0.39 is 30.7 Å².